The Labute approximate surface area is 99.5 Å². The molecule has 1 unspecified atom stereocenters. The first kappa shape index (κ1) is 13.8. The summed E-state index contributed by atoms with van der Waals surface area (Å²) >= 11 is 0. The van der Waals surface area contributed by atoms with E-state index >= 15 is 0 Å². The maximum Gasteiger partial charge on any atom is 0.325 e. The van der Waals surface area contributed by atoms with Crippen LogP contribution in [0.15, 0.2) is 0 Å². The second-order valence-electron chi connectivity index (χ2n) is 4.56. The second-order valence-corrected chi connectivity index (χ2v) is 6.75. The summed E-state index contributed by atoms with van der Waals surface area (Å²) in [6.45, 7) is 2.96. The molecule has 2 amide bonds. The largest absolute Gasteiger partial charge is 0.480 e. The Morgan fingerprint density at radius 3 is 2.41 bits per heavy atom. The van der Waals surface area contributed by atoms with Crippen molar-refractivity contribution in [2.24, 2.45) is 0 Å². The van der Waals surface area contributed by atoms with Crippen LogP contribution in [0.4, 0.5) is 4.79 Å². The van der Waals surface area contributed by atoms with Crippen LogP contribution in [0.25, 0.3) is 0 Å². The number of nitrogens with one attached hydrogen (secondary N) is 2. The van der Waals surface area contributed by atoms with E-state index in [0.717, 1.165) is 0 Å². The molecule has 98 valence electrons. The molecule has 7 nitrogen and oxygen atoms in total. The Morgan fingerprint density at radius 2 is 2.00 bits per heavy atom. The number of hydrogen-bond acceptors (Lipinski definition) is 4. The van der Waals surface area contributed by atoms with E-state index in [4.69, 9.17) is 5.11 Å². The minimum atomic E-state index is -3.10. The third kappa shape index (κ3) is 3.88. The third-order valence-corrected chi connectivity index (χ3v) is 4.54. The smallest absolute Gasteiger partial charge is 0.325 e. The Morgan fingerprint density at radius 1 is 1.41 bits per heavy atom. The predicted molar refractivity (Wildman–Crippen MR) is 60.4 cm³/mol. The first-order chi connectivity index (χ1) is 7.64. The molecule has 1 heterocycles. The number of amides is 2. The van der Waals surface area contributed by atoms with Gasteiger partial charge in [0, 0.05) is 0 Å². The fraction of sp³-hybridized carbons (Fsp3) is 0.778. The van der Waals surface area contributed by atoms with Crippen LogP contribution < -0.4 is 10.6 Å². The van der Waals surface area contributed by atoms with E-state index in [1.807, 2.05) is 0 Å². The van der Waals surface area contributed by atoms with Crippen molar-refractivity contribution in [2.45, 2.75) is 31.8 Å². The van der Waals surface area contributed by atoms with Crippen LogP contribution >= 0.6 is 0 Å². The number of sulfone groups is 1. The molecule has 1 aliphatic rings. The summed E-state index contributed by atoms with van der Waals surface area (Å²) in [5, 5.41) is 13.3. The molecule has 8 heteroatoms. The molecule has 0 spiro atoms. The number of hydrogen-bond donors (Lipinski definition) is 3. The van der Waals surface area contributed by atoms with Crippen molar-refractivity contribution in [1.82, 2.24) is 10.6 Å². The van der Waals surface area contributed by atoms with Crippen molar-refractivity contribution in [3.63, 3.8) is 0 Å². The van der Waals surface area contributed by atoms with Crippen molar-refractivity contribution in [3.8, 4) is 0 Å². The lowest BCUT2D eigenvalue weighted by Crippen LogP contribution is -2.53. The lowest BCUT2D eigenvalue weighted by molar-refractivity contribution is -0.138. The maximum absolute atomic E-state index is 11.4. The summed E-state index contributed by atoms with van der Waals surface area (Å²) in [4.78, 5) is 22.0. The van der Waals surface area contributed by atoms with E-state index in [1.165, 1.54) is 6.92 Å². The molecule has 17 heavy (non-hydrogen) atoms. The van der Waals surface area contributed by atoms with Crippen molar-refractivity contribution < 1.29 is 23.1 Å². The van der Waals surface area contributed by atoms with E-state index in [1.54, 1.807) is 6.92 Å². The average molecular weight is 264 g/mol. The summed E-state index contributed by atoms with van der Waals surface area (Å²) in [5.41, 5.74) is -0.818. The van der Waals surface area contributed by atoms with Gasteiger partial charge in [-0.1, -0.05) is 0 Å². The Balaban J connectivity index is 2.55. The van der Waals surface area contributed by atoms with Crippen LogP contribution in [0.3, 0.4) is 0 Å². The van der Waals surface area contributed by atoms with Gasteiger partial charge in [0.05, 0.1) is 17.0 Å². The Kier molecular flexibility index (Phi) is 3.65. The zero-order valence-electron chi connectivity index (χ0n) is 9.69. The summed E-state index contributed by atoms with van der Waals surface area (Å²) in [6, 6.07) is -1.68. The number of aliphatic carboxylic acids is 1. The van der Waals surface area contributed by atoms with Crippen molar-refractivity contribution >= 4 is 21.8 Å². The van der Waals surface area contributed by atoms with Gasteiger partial charge in [-0.25, -0.2) is 13.2 Å². The van der Waals surface area contributed by atoms with Crippen molar-refractivity contribution in [2.75, 3.05) is 11.5 Å². The summed E-state index contributed by atoms with van der Waals surface area (Å²) in [6.07, 6.45) is 0.338. The van der Waals surface area contributed by atoms with E-state index in [-0.39, 0.29) is 11.5 Å². The van der Waals surface area contributed by atoms with Gasteiger partial charge in [0.1, 0.15) is 6.04 Å². The minimum Gasteiger partial charge on any atom is -0.480 e. The average Bonchev–Trinajstić information content (AvgIpc) is 2.39. The highest BCUT2D eigenvalue weighted by atomic mass is 32.2. The normalized spacial score (nSPS) is 28.4. The first-order valence-corrected chi connectivity index (χ1v) is 6.98. The minimum absolute atomic E-state index is 0.0399. The molecule has 0 aromatic heterocycles. The molecule has 3 N–H and O–H groups in total. The number of carboxylic acids is 1. The van der Waals surface area contributed by atoms with E-state index in [0.29, 0.717) is 6.42 Å². The number of carbonyl (C=O) groups is 2. The van der Waals surface area contributed by atoms with Gasteiger partial charge in [0.15, 0.2) is 9.84 Å². The van der Waals surface area contributed by atoms with E-state index in [2.05, 4.69) is 10.6 Å². The molecule has 0 aliphatic carbocycles. The predicted octanol–water partition coefficient (Wildman–Crippen LogP) is -0.664. The summed E-state index contributed by atoms with van der Waals surface area (Å²) in [7, 11) is -3.10. The molecule has 0 aromatic carbocycles. The standard InChI is InChI=1S/C9H16N2O5S/c1-6(7(12)13)10-8(14)11-9(2)3-4-17(15,16)5-9/h6H,3-5H2,1-2H3,(H,12,13)(H2,10,11,14)/t6-,9?/m1/s1. The topological polar surface area (TPSA) is 113 Å². The van der Waals surface area contributed by atoms with Crippen LogP contribution in [0.1, 0.15) is 20.3 Å². The van der Waals surface area contributed by atoms with Gasteiger partial charge >= 0.3 is 12.0 Å². The second kappa shape index (κ2) is 4.52. The zero-order chi connectivity index (χ0) is 13.3. The molecule has 2 atom stereocenters. The van der Waals surface area contributed by atoms with Gasteiger partial charge in [-0.05, 0) is 20.3 Å². The summed E-state index contributed by atoms with van der Waals surface area (Å²) in [5.74, 6) is -1.23. The highest BCUT2D eigenvalue weighted by Crippen LogP contribution is 2.22. The third-order valence-electron chi connectivity index (χ3n) is 2.64. The van der Waals surface area contributed by atoms with E-state index < -0.39 is 33.4 Å². The fourth-order valence-electron chi connectivity index (χ4n) is 1.68. The molecule has 1 aliphatic heterocycles. The molecule has 0 bridgehead atoms. The molecule has 1 saturated heterocycles. The van der Waals surface area contributed by atoms with Crippen LogP contribution in [0, 0.1) is 0 Å². The number of rotatable bonds is 3. The van der Waals surface area contributed by atoms with Crippen LogP contribution in [-0.2, 0) is 14.6 Å². The summed E-state index contributed by atoms with van der Waals surface area (Å²) < 4.78 is 22.6. The van der Waals surface area contributed by atoms with Gasteiger partial charge < -0.3 is 15.7 Å². The van der Waals surface area contributed by atoms with Crippen LogP contribution in [-0.4, -0.2) is 48.6 Å². The van der Waals surface area contributed by atoms with E-state index in [9.17, 15) is 18.0 Å². The van der Waals surface area contributed by atoms with Gasteiger partial charge in [0.2, 0.25) is 0 Å². The maximum atomic E-state index is 11.4. The highest BCUT2D eigenvalue weighted by Gasteiger charge is 2.39. The van der Waals surface area contributed by atoms with Gasteiger partial charge in [-0.15, -0.1) is 0 Å². The van der Waals surface area contributed by atoms with Crippen LogP contribution in [0.5, 0.6) is 0 Å². The molecule has 0 radical (unpaired) electrons. The SMILES string of the molecule is C[C@@H](NC(=O)NC1(C)CCS(=O)(=O)C1)C(=O)O. The Hall–Kier alpha value is -1.31. The molecule has 0 saturated carbocycles. The van der Waals surface area contributed by atoms with Crippen molar-refractivity contribution in [1.29, 1.82) is 0 Å². The molecular weight excluding hydrogens is 248 g/mol. The van der Waals surface area contributed by atoms with Crippen LogP contribution in [0.2, 0.25) is 0 Å². The number of carboxylic acid groups (broad SMARTS) is 1. The molecular formula is C9H16N2O5S. The monoisotopic (exact) mass is 264 g/mol. The lowest BCUT2D eigenvalue weighted by atomic mass is 10.0. The molecule has 0 aromatic rings. The van der Waals surface area contributed by atoms with Crippen molar-refractivity contribution in [3.05, 3.63) is 0 Å². The molecule has 1 fully saturated rings. The first-order valence-electron chi connectivity index (χ1n) is 5.15. The van der Waals surface area contributed by atoms with Gasteiger partial charge in [0.25, 0.3) is 0 Å². The molecule has 1 rings (SSSR count). The zero-order valence-corrected chi connectivity index (χ0v) is 10.5. The quantitative estimate of drug-likeness (QED) is 0.626. The Bertz CT molecular complexity index is 433. The lowest BCUT2D eigenvalue weighted by Gasteiger charge is -2.24. The highest BCUT2D eigenvalue weighted by molar-refractivity contribution is 7.91. The number of urea groups is 1. The van der Waals surface area contributed by atoms with Gasteiger partial charge in [-0.2, -0.15) is 0 Å². The van der Waals surface area contributed by atoms with Gasteiger partial charge in [-0.3, -0.25) is 4.79 Å². The fourth-order valence-corrected chi connectivity index (χ4v) is 3.77. The number of carbonyl (C=O) groups excluding carboxylic acids is 1.